The van der Waals surface area contributed by atoms with E-state index in [9.17, 15) is 14.0 Å². The number of carbonyl (C=O) groups excluding carboxylic acids is 2. The average molecular weight is 266 g/mol. The predicted molar refractivity (Wildman–Crippen MR) is 67.8 cm³/mol. The zero-order valence-corrected chi connectivity index (χ0v) is 10.8. The van der Waals surface area contributed by atoms with Crippen molar-refractivity contribution >= 4 is 22.8 Å². The molecule has 0 aliphatic carbocycles. The molecule has 1 aromatic carbocycles. The van der Waals surface area contributed by atoms with E-state index in [4.69, 9.17) is 0 Å². The Bertz CT molecular complexity index is 529. The summed E-state index contributed by atoms with van der Waals surface area (Å²) in [6.07, 6.45) is 0. The number of esters is 1. The number of rotatable bonds is 2. The molecule has 3 nitrogen and oxygen atoms in total. The molecule has 1 aromatic rings. The van der Waals surface area contributed by atoms with Crippen molar-refractivity contribution in [2.45, 2.75) is 6.92 Å². The van der Waals surface area contributed by atoms with Gasteiger partial charge < -0.3 is 4.74 Å². The first kappa shape index (κ1) is 14.3. The van der Waals surface area contributed by atoms with Gasteiger partial charge in [-0.3, -0.25) is 4.79 Å². The first-order chi connectivity index (χ1) is 8.54. The molecule has 18 heavy (non-hydrogen) atoms. The molecule has 1 rings (SSSR count). The molecule has 0 heterocycles. The first-order valence-corrected chi connectivity index (χ1v) is 6.03. The Balaban J connectivity index is 2.79. The molecule has 0 N–H and O–H groups in total. The lowest BCUT2D eigenvalue weighted by Crippen LogP contribution is -2.02. The van der Waals surface area contributed by atoms with Gasteiger partial charge in [-0.2, -0.15) is 0 Å². The normalized spacial score (nSPS) is 9.28. The van der Waals surface area contributed by atoms with Gasteiger partial charge >= 0.3 is 5.97 Å². The van der Waals surface area contributed by atoms with Crippen LogP contribution in [0.3, 0.4) is 0 Å². The molecule has 5 heteroatoms. The minimum atomic E-state index is -0.597. The van der Waals surface area contributed by atoms with E-state index in [1.165, 1.54) is 26.2 Å². The molecular formula is C13H11FO3S. The highest BCUT2D eigenvalue weighted by Gasteiger charge is 2.08. The van der Waals surface area contributed by atoms with Crippen LogP contribution in [0.2, 0.25) is 0 Å². The summed E-state index contributed by atoms with van der Waals surface area (Å²) in [5, 5.41) is -0.0363. The van der Waals surface area contributed by atoms with Crippen LogP contribution in [0.25, 0.3) is 0 Å². The smallest absolute Gasteiger partial charge is 0.337 e. The molecule has 0 fully saturated rings. The summed E-state index contributed by atoms with van der Waals surface area (Å²) in [4.78, 5) is 21.8. The zero-order chi connectivity index (χ0) is 13.5. The van der Waals surface area contributed by atoms with Crippen LogP contribution in [0.15, 0.2) is 18.2 Å². The van der Waals surface area contributed by atoms with Crippen molar-refractivity contribution in [2.24, 2.45) is 0 Å². The minimum Gasteiger partial charge on any atom is -0.465 e. The SMILES string of the molecule is COC(=O)c1ccc(C#CCSC(C)=O)c(F)c1. The maximum Gasteiger partial charge on any atom is 0.337 e. The van der Waals surface area contributed by atoms with Gasteiger partial charge in [0.1, 0.15) is 5.82 Å². The Labute approximate surface area is 109 Å². The number of hydrogen-bond donors (Lipinski definition) is 0. The number of carbonyl (C=O) groups is 2. The van der Waals surface area contributed by atoms with Crippen molar-refractivity contribution in [3.05, 3.63) is 35.1 Å². The third kappa shape index (κ3) is 4.22. The van der Waals surface area contributed by atoms with Crippen molar-refractivity contribution in [2.75, 3.05) is 12.9 Å². The predicted octanol–water partition coefficient (Wildman–Crippen LogP) is 2.24. The number of hydrogen-bond acceptors (Lipinski definition) is 4. The topological polar surface area (TPSA) is 43.4 Å². The van der Waals surface area contributed by atoms with Gasteiger partial charge in [0, 0.05) is 6.92 Å². The van der Waals surface area contributed by atoms with Crippen LogP contribution in [0.1, 0.15) is 22.8 Å². The quantitative estimate of drug-likeness (QED) is 0.608. The molecule has 0 aromatic heterocycles. The maximum absolute atomic E-state index is 13.5. The van der Waals surface area contributed by atoms with E-state index in [0.717, 1.165) is 17.8 Å². The molecule has 0 bridgehead atoms. The highest BCUT2D eigenvalue weighted by molar-refractivity contribution is 8.13. The Morgan fingerprint density at radius 1 is 1.44 bits per heavy atom. The monoisotopic (exact) mass is 266 g/mol. The van der Waals surface area contributed by atoms with Gasteiger partial charge in [-0.15, -0.1) is 0 Å². The second-order valence-corrected chi connectivity index (χ2v) is 4.42. The Morgan fingerprint density at radius 2 is 2.17 bits per heavy atom. The van der Waals surface area contributed by atoms with Gasteiger partial charge in [-0.25, -0.2) is 9.18 Å². The van der Waals surface area contributed by atoms with Crippen molar-refractivity contribution < 1.29 is 18.7 Å². The van der Waals surface area contributed by atoms with Crippen LogP contribution in [-0.2, 0) is 9.53 Å². The summed E-state index contributed by atoms with van der Waals surface area (Å²) in [5.41, 5.74) is 0.325. The summed E-state index contributed by atoms with van der Waals surface area (Å²) in [7, 11) is 1.23. The molecule has 0 saturated heterocycles. The highest BCUT2D eigenvalue weighted by atomic mass is 32.2. The lowest BCUT2D eigenvalue weighted by molar-refractivity contribution is -0.109. The van der Waals surface area contributed by atoms with Gasteiger partial charge in [-0.1, -0.05) is 23.6 Å². The Hall–Kier alpha value is -1.80. The van der Waals surface area contributed by atoms with Crippen molar-refractivity contribution in [1.82, 2.24) is 0 Å². The van der Waals surface area contributed by atoms with E-state index >= 15 is 0 Å². The number of ether oxygens (including phenoxy) is 1. The molecule has 94 valence electrons. The third-order valence-corrected chi connectivity index (χ3v) is 2.66. The molecule has 0 atom stereocenters. The molecule has 0 amide bonds. The van der Waals surface area contributed by atoms with E-state index in [2.05, 4.69) is 16.6 Å². The molecule has 0 saturated carbocycles. The van der Waals surface area contributed by atoms with Crippen molar-refractivity contribution in [1.29, 1.82) is 0 Å². The van der Waals surface area contributed by atoms with E-state index < -0.39 is 11.8 Å². The maximum atomic E-state index is 13.5. The van der Waals surface area contributed by atoms with Gasteiger partial charge in [-0.05, 0) is 18.2 Å². The van der Waals surface area contributed by atoms with Crippen LogP contribution < -0.4 is 0 Å². The molecule has 0 aliphatic rings. The number of halogens is 1. The molecule has 0 unspecified atom stereocenters. The Kier molecular flexibility index (Phi) is 5.40. The second kappa shape index (κ2) is 6.82. The fourth-order valence-corrected chi connectivity index (χ4v) is 1.48. The van der Waals surface area contributed by atoms with Crippen LogP contribution in [0, 0.1) is 17.7 Å². The summed E-state index contributed by atoms with van der Waals surface area (Å²) in [6.45, 7) is 1.44. The summed E-state index contributed by atoms with van der Waals surface area (Å²) < 4.78 is 18.0. The average Bonchev–Trinajstić information content (AvgIpc) is 2.34. The minimum absolute atomic E-state index is 0.0363. The van der Waals surface area contributed by atoms with E-state index in [1.807, 2.05) is 0 Å². The fourth-order valence-electron chi connectivity index (χ4n) is 1.13. The van der Waals surface area contributed by atoms with Crippen LogP contribution in [-0.4, -0.2) is 23.9 Å². The number of thioether (sulfide) groups is 1. The lowest BCUT2D eigenvalue weighted by atomic mass is 10.1. The Morgan fingerprint density at radius 3 is 2.72 bits per heavy atom. The summed E-state index contributed by atoms with van der Waals surface area (Å²) in [6, 6.07) is 3.93. The lowest BCUT2D eigenvalue weighted by Gasteiger charge is -2.00. The molecule has 0 spiro atoms. The molecule has 0 radical (unpaired) electrons. The van der Waals surface area contributed by atoms with Crippen molar-refractivity contribution in [3.8, 4) is 11.8 Å². The van der Waals surface area contributed by atoms with Gasteiger partial charge in [0.2, 0.25) is 0 Å². The van der Waals surface area contributed by atoms with Gasteiger partial charge in [0.05, 0.1) is 24.0 Å². The third-order valence-electron chi connectivity index (χ3n) is 1.96. The highest BCUT2D eigenvalue weighted by Crippen LogP contribution is 2.10. The standard InChI is InChI=1S/C13H11FO3S/c1-9(15)18-7-3-4-10-5-6-11(8-12(10)14)13(16)17-2/h5-6,8H,7H2,1-2H3. The second-order valence-electron chi connectivity index (χ2n) is 3.27. The number of benzene rings is 1. The molecule has 0 aliphatic heterocycles. The molecular weight excluding hydrogens is 255 g/mol. The number of methoxy groups -OCH3 is 1. The fraction of sp³-hybridized carbons (Fsp3) is 0.231. The van der Waals surface area contributed by atoms with Gasteiger partial charge in [0.15, 0.2) is 5.12 Å². The summed E-state index contributed by atoms with van der Waals surface area (Å²) in [5.74, 6) is 4.41. The van der Waals surface area contributed by atoms with Crippen molar-refractivity contribution in [3.63, 3.8) is 0 Å². The van der Waals surface area contributed by atoms with Crippen LogP contribution in [0.5, 0.6) is 0 Å². The van der Waals surface area contributed by atoms with E-state index in [0.29, 0.717) is 5.75 Å². The van der Waals surface area contributed by atoms with Crippen LogP contribution >= 0.6 is 11.8 Å². The van der Waals surface area contributed by atoms with Gasteiger partial charge in [0.25, 0.3) is 0 Å². The van der Waals surface area contributed by atoms with E-state index in [-0.39, 0.29) is 16.2 Å². The largest absolute Gasteiger partial charge is 0.465 e. The van der Waals surface area contributed by atoms with Crippen LogP contribution in [0.4, 0.5) is 4.39 Å². The summed E-state index contributed by atoms with van der Waals surface area (Å²) >= 11 is 1.06. The first-order valence-electron chi connectivity index (χ1n) is 5.04. The van der Waals surface area contributed by atoms with E-state index in [1.54, 1.807) is 0 Å². The zero-order valence-electron chi connectivity index (χ0n) is 9.95.